The number of carbonyl (C=O) groups excluding carboxylic acids is 2. The molecule has 5 heteroatoms. The number of rotatable bonds is 6. The van der Waals surface area contributed by atoms with E-state index in [-0.39, 0.29) is 24.5 Å². The summed E-state index contributed by atoms with van der Waals surface area (Å²) in [6, 6.07) is 24.4. The second-order valence-electron chi connectivity index (χ2n) is 7.32. The summed E-state index contributed by atoms with van der Waals surface area (Å²) in [7, 11) is 0. The van der Waals surface area contributed by atoms with E-state index in [1.165, 1.54) is 11.1 Å². The van der Waals surface area contributed by atoms with Crippen molar-refractivity contribution in [1.82, 2.24) is 5.32 Å². The molecule has 2 amide bonds. The Bertz CT molecular complexity index is 1030. The average molecular weight is 400 g/mol. The second kappa shape index (κ2) is 9.27. The lowest BCUT2D eigenvalue weighted by Crippen LogP contribution is -2.34. The van der Waals surface area contributed by atoms with Crippen molar-refractivity contribution in [1.29, 1.82) is 0 Å². The van der Waals surface area contributed by atoms with Gasteiger partial charge in [-0.2, -0.15) is 0 Å². The van der Waals surface area contributed by atoms with Gasteiger partial charge < -0.3 is 15.4 Å². The van der Waals surface area contributed by atoms with Crippen molar-refractivity contribution >= 4 is 17.5 Å². The largest absolute Gasteiger partial charge is 0.483 e. The predicted octanol–water partition coefficient (Wildman–Crippen LogP) is 4.51. The molecule has 30 heavy (non-hydrogen) atoms. The zero-order chi connectivity index (χ0) is 20.8. The molecule has 2 N–H and O–H groups in total. The molecule has 1 aliphatic rings. The van der Waals surface area contributed by atoms with Crippen LogP contribution in [0.4, 0.5) is 5.69 Å². The van der Waals surface area contributed by atoms with Crippen LogP contribution in [0, 0.1) is 0 Å². The van der Waals surface area contributed by atoms with Gasteiger partial charge in [0, 0.05) is 5.69 Å². The molecule has 0 saturated heterocycles. The molecule has 1 aliphatic carbocycles. The Morgan fingerprint density at radius 2 is 1.63 bits per heavy atom. The Hall–Kier alpha value is -3.60. The number of aryl methyl sites for hydroxylation is 1. The number of para-hydroxylation sites is 2. The van der Waals surface area contributed by atoms with Gasteiger partial charge >= 0.3 is 0 Å². The first-order valence-corrected chi connectivity index (χ1v) is 10.2. The minimum absolute atomic E-state index is 0.00248. The zero-order valence-corrected chi connectivity index (χ0v) is 16.6. The number of hydrogen-bond donors (Lipinski definition) is 2. The van der Waals surface area contributed by atoms with E-state index >= 15 is 0 Å². The van der Waals surface area contributed by atoms with Crippen LogP contribution in [0.2, 0.25) is 0 Å². The molecule has 4 rings (SSSR count). The third-order valence-electron chi connectivity index (χ3n) is 5.23. The smallest absolute Gasteiger partial charge is 0.259 e. The third-order valence-corrected chi connectivity index (χ3v) is 5.23. The molecule has 0 aromatic heterocycles. The lowest BCUT2D eigenvalue weighted by Gasteiger charge is -2.26. The van der Waals surface area contributed by atoms with Gasteiger partial charge in [0.1, 0.15) is 5.75 Å². The van der Waals surface area contributed by atoms with Crippen molar-refractivity contribution in [3.05, 3.63) is 95.6 Å². The molecule has 0 fully saturated rings. The average Bonchev–Trinajstić information content (AvgIpc) is 2.79. The second-order valence-corrected chi connectivity index (χ2v) is 7.32. The van der Waals surface area contributed by atoms with Crippen molar-refractivity contribution in [3.8, 4) is 5.75 Å². The zero-order valence-electron chi connectivity index (χ0n) is 16.6. The van der Waals surface area contributed by atoms with Gasteiger partial charge in [-0.25, -0.2) is 0 Å². The van der Waals surface area contributed by atoms with Gasteiger partial charge in [-0.3, -0.25) is 9.59 Å². The van der Waals surface area contributed by atoms with Gasteiger partial charge in [0.05, 0.1) is 11.6 Å². The molecule has 0 heterocycles. The molecule has 3 aromatic rings. The topological polar surface area (TPSA) is 67.4 Å². The van der Waals surface area contributed by atoms with Gasteiger partial charge in [0.25, 0.3) is 11.8 Å². The summed E-state index contributed by atoms with van der Waals surface area (Å²) in [5, 5.41) is 5.91. The van der Waals surface area contributed by atoms with Crippen molar-refractivity contribution in [2.75, 3.05) is 11.9 Å². The standard InChI is InChI=1S/C25H24N2O3/c28-24(27-22-15-8-10-18-9-4-5-13-20(18)22)17-30-23-16-7-6-14-21(23)25(29)26-19-11-2-1-3-12-19/h1-7,9,11-14,16,22H,8,10,15,17H2,(H,26,29)(H,27,28)/t22-/m1/s1. The molecule has 5 nitrogen and oxygen atoms in total. The van der Waals surface area contributed by atoms with Crippen LogP contribution >= 0.6 is 0 Å². The number of carbonyl (C=O) groups is 2. The first-order valence-electron chi connectivity index (χ1n) is 10.2. The van der Waals surface area contributed by atoms with Crippen molar-refractivity contribution in [2.45, 2.75) is 25.3 Å². The maximum Gasteiger partial charge on any atom is 0.259 e. The number of nitrogens with one attached hydrogen (secondary N) is 2. The van der Waals surface area contributed by atoms with Crippen LogP contribution in [0.1, 0.15) is 40.4 Å². The number of ether oxygens (including phenoxy) is 1. The maximum absolute atomic E-state index is 12.6. The third kappa shape index (κ3) is 4.69. The summed E-state index contributed by atoms with van der Waals surface area (Å²) in [6.07, 6.45) is 3.01. The Labute approximate surface area is 176 Å². The fraction of sp³-hybridized carbons (Fsp3) is 0.200. The minimum atomic E-state index is -0.279. The highest BCUT2D eigenvalue weighted by Gasteiger charge is 2.22. The summed E-state index contributed by atoms with van der Waals surface area (Å²) >= 11 is 0. The molecule has 1 atom stereocenters. The van der Waals surface area contributed by atoms with Crippen molar-refractivity contribution in [3.63, 3.8) is 0 Å². The first-order chi connectivity index (χ1) is 14.7. The molecule has 0 bridgehead atoms. The van der Waals surface area contributed by atoms with Gasteiger partial charge in [0.2, 0.25) is 0 Å². The summed E-state index contributed by atoms with van der Waals surface area (Å²) < 4.78 is 5.71. The Balaban J connectivity index is 1.39. The number of anilines is 1. The van der Waals surface area contributed by atoms with E-state index in [4.69, 9.17) is 4.74 Å². The van der Waals surface area contributed by atoms with E-state index in [1.54, 1.807) is 24.3 Å². The SMILES string of the molecule is O=C(COc1ccccc1C(=O)Nc1ccccc1)N[C@@H]1CCCc2ccccc21. The van der Waals surface area contributed by atoms with Crippen LogP contribution in [0.5, 0.6) is 5.75 Å². The summed E-state index contributed by atoms with van der Waals surface area (Å²) in [4.78, 5) is 25.2. The van der Waals surface area contributed by atoms with Crippen molar-refractivity contribution in [2.24, 2.45) is 0 Å². The van der Waals surface area contributed by atoms with E-state index in [2.05, 4.69) is 22.8 Å². The molecule has 0 aliphatic heterocycles. The Morgan fingerprint density at radius 3 is 2.50 bits per heavy atom. The molecule has 152 valence electrons. The van der Waals surface area contributed by atoms with Crippen LogP contribution in [0.3, 0.4) is 0 Å². The van der Waals surface area contributed by atoms with E-state index in [1.807, 2.05) is 42.5 Å². The minimum Gasteiger partial charge on any atom is -0.483 e. The fourth-order valence-corrected chi connectivity index (χ4v) is 3.78. The van der Waals surface area contributed by atoms with E-state index in [9.17, 15) is 9.59 Å². The van der Waals surface area contributed by atoms with Crippen LogP contribution in [0.25, 0.3) is 0 Å². The fourth-order valence-electron chi connectivity index (χ4n) is 3.78. The Morgan fingerprint density at radius 1 is 0.900 bits per heavy atom. The first kappa shape index (κ1) is 19.7. The number of benzene rings is 3. The van der Waals surface area contributed by atoms with Gasteiger partial charge in [-0.05, 0) is 54.7 Å². The molecule has 0 saturated carbocycles. The maximum atomic E-state index is 12.6. The van der Waals surface area contributed by atoms with Gasteiger partial charge in [-0.1, -0.05) is 54.6 Å². The van der Waals surface area contributed by atoms with E-state index in [0.717, 1.165) is 19.3 Å². The van der Waals surface area contributed by atoms with Gasteiger partial charge in [-0.15, -0.1) is 0 Å². The molecule has 0 unspecified atom stereocenters. The van der Waals surface area contributed by atoms with E-state index in [0.29, 0.717) is 17.0 Å². The van der Waals surface area contributed by atoms with Gasteiger partial charge in [0.15, 0.2) is 6.61 Å². The Kier molecular flexibility index (Phi) is 6.09. The predicted molar refractivity (Wildman–Crippen MR) is 117 cm³/mol. The molecular weight excluding hydrogens is 376 g/mol. The quantitative estimate of drug-likeness (QED) is 0.640. The van der Waals surface area contributed by atoms with Crippen LogP contribution in [-0.2, 0) is 11.2 Å². The lowest BCUT2D eigenvalue weighted by atomic mass is 9.88. The lowest BCUT2D eigenvalue weighted by molar-refractivity contribution is -0.124. The van der Waals surface area contributed by atoms with Crippen LogP contribution < -0.4 is 15.4 Å². The molecular formula is C25H24N2O3. The molecule has 0 radical (unpaired) electrons. The monoisotopic (exact) mass is 400 g/mol. The van der Waals surface area contributed by atoms with Crippen LogP contribution in [-0.4, -0.2) is 18.4 Å². The summed E-state index contributed by atoms with van der Waals surface area (Å²) in [6.45, 7) is -0.145. The molecule has 0 spiro atoms. The normalized spacial score (nSPS) is 15.0. The number of fused-ring (bicyclic) bond motifs is 1. The number of amides is 2. The summed E-state index contributed by atoms with van der Waals surface area (Å²) in [5.41, 5.74) is 3.56. The van der Waals surface area contributed by atoms with Crippen LogP contribution in [0.15, 0.2) is 78.9 Å². The van der Waals surface area contributed by atoms with E-state index < -0.39 is 0 Å². The highest BCUT2D eigenvalue weighted by atomic mass is 16.5. The number of hydrogen-bond acceptors (Lipinski definition) is 3. The highest BCUT2D eigenvalue weighted by Crippen LogP contribution is 2.29. The summed E-state index contributed by atoms with van der Waals surface area (Å²) in [5.74, 6) is -0.0986. The molecule has 3 aromatic carbocycles. The highest BCUT2D eigenvalue weighted by molar-refractivity contribution is 6.06. The van der Waals surface area contributed by atoms with Crippen molar-refractivity contribution < 1.29 is 14.3 Å².